The number of methoxy groups -OCH3 is 1. The van der Waals surface area contributed by atoms with E-state index in [9.17, 15) is 15.0 Å². The number of benzene rings is 1. The lowest BCUT2D eigenvalue weighted by Gasteiger charge is -2.33. The fraction of sp³-hybridized carbons (Fsp3) is 0.562. The minimum absolute atomic E-state index is 0.0114. The number of rotatable bonds is 6. The van der Waals surface area contributed by atoms with E-state index in [2.05, 4.69) is 0 Å². The Balaban J connectivity index is 2.27. The van der Waals surface area contributed by atoms with Crippen LogP contribution >= 0.6 is 0 Å². The Labute approximate surface area is 125 Å². The zero-order chi connectivity index (χ0) is 15.4. The van der Waals surface area contributed by atoms with Crippen molar-refractivity contribution >= 4 is 5.97 Å². The lowest BCUT2D eigenvalue weighted by atomic mass is 10.0. The van der Waals surface area contributed by atoms with Gasteiger partial charge in [0.2, 0.25) is 0 Å². The van der Waals surface area contributed by atoms with E-state index in [1.807, 2.05) is 11.8 Å². The lowest BCUT2D eigenvalue weighted by molar-refractivity contribution is -0.139. The largest absolute Gasteiger partial charge is 0.508 e. The number of hydrogen-bond acceptors (Lipinski definition) is 4. The maximum absolute atomic E-state index is 11.2. The highest BCUT2D eigenvalue weighted by molar-refractivity contribution is 5.69. The molecule has 1 atom stereocenters. The molecule has 1 aromatic carbocycles. The number of ether oxygens (including phenoxy) is 1. The summed E-state index contributed by atoms with van der Waals surface area (Å²) >= 11 is 0. The molecule has 1 aromatic rings. The lowest BCUT2D eigenvalue weighted by Crippen LogP contribution is -2.39. The van der Waals surface area contributed by atoms with Crippen LogP contribution in [-0.4, -0.2) is 40.8 Å². The van der Waals surface area contributed by atoms with Crippen LogP contribution in [0.3, 0.4) is 0 Å². The maximum atomic E-state index is 11.2. The number of aromatic hydroxyl groups is 1. The van der Waals surface area contributed by atoms with Gasteiger partial charge in [-0.2, -0.15) is 0 Å². The van der Waals surface area contributed by atoms with Crippen LogP contribution in [0.2, 0.25) is 0 Å². The first-order valence-corrected chi connectivity index (χ1v) is 7.37. The maximum Gasteiger partial charge on any atom is 0.317 e. The van der Waals surface area contributed by atoms with Gasteiger partial charge in [-0.3, -0.25) is 9.69 Å². The second-order valence-electron chi connectivity index (χ2n) is 5.61. The van der Waals surface area contributed by atoms with Gasteiger partial charge in [-0.1, -0.05) is 12.8 Å². The zero-order valence-corrected chi connectivity index (χ0v) is 12.6. The van der Waals surface area contributed by atoms with E-state index in [-0.39, 0.29) is 24.4 Å². The topological polar surface area (TPSA) is 70.0 Å². The zero-order valence-electron chi connectivity index (χ0n) is 12.6. The van der Waals surface area contributed by atoms with E-state index in [1.165, 1.54) is 0 Å². The Kier molecular flexibility index (Phi) is 5.07. The second-order valence-corrected chi connectivity index (χ2v) is 5.61. The molecular formula is C16H23NO4. The fourth-order valence-electron chi connectivity index (χ4n) is 3.15. The molecule has 21 heavy (non-hydrogen) atoms. The summed E-state index contributed by atoms with van der Waals surface area (Å²) in [4.78, 5) is 13.2. The molecule has 0 aliphatic heterocycles. The molecule has 1 fully saturated rings. The predicted molar refractivity (Wildman–Crippen MR) is 79.7 cm³/mol. The van der Waals surface area contributed by atoms with E-state index >= 15 is 0 Å². The quantitative estimate of drug-likeness (QED) is 0.844. The van der Waals surface area contributed by atoms with Gasteiger partial charge in [0.05, 0.1) is 13.7 Å². The van der Waals surface area contributed by atoms with Crippen molar-refractivity contribution in [1.29, 1.82) is 0 Å². The van der Waals surface area contributed by atoms with Gasteiger partial charge in [0, 0.05) is 17.6 Å². The van der Waals surface area contributed by atoms with Crippen LogP contribution in [0, 0.1) is 0 Å². The smallest absolute Gasteiger partial charge is 0.317 e. The molecule has 0 spiro atoms. The van der Waals surface area contributed by atoms with Gasteiger partial charge in [-0.25, -0.2) is 0 Å². The Morgan fingerprint density at radius 1 is 1.43 bits per heavy atom. The van der Waals surface area contributed by atoms with Crippen molar-refractivity contribution in [2.24, 2.45) is 0 Å². The van der Waals surface area contributed by atoms with Crippen LogP contribution in [0.5, 0.6) is 11.5 Å². The number of carboxylic acids is 1. The molecule has 1 saturated carbocycles. The molecule has 1 unspecified atom stereocenters. The summed E-state index contributed by atoms with van der Waals surface area (Å²) in [5.41, 5.74) is 0.711. The number of hydrogen-bond donors (Lipinski definition) is 2. The van der Waals surface area contributed by atoms with Crippen molar-refractivity contribution in [2.75, 3.05) is 13.7 Å². The fourth-order valence-corrected chi connectivity index (χ4v) is 3.15. The van der Waals surface area contributed by atoms with Crippen LogP contribution < -0.4 is 4.74 Å². The summed E-state index contributed by atoms with van der Waals surface area (Å²) in [6, 6.07) is 5.17. The van der Waals surface area contributed by atoms with Crippen LogP contribution in [0.4, 0.5) is 0 Å². The number of phenolic OH excluding ortho intramolecular Hbond substituents is 1. The summed E-state index contributed by atoms with van der Waals surface area (Å²) < 4.78 is 5.20. The van der Waals surface area contributed by atoms with Gasteiger partial charge in [0.1, 0.15) is 11.5 Å². The molecule has 0 radical (unpaired) electrons. The van der Waals surface area contributed by atoms with E-state index in [0.717, 1.165) is 25.7 Å². The first-order valence-electron chi connectivity index (χ1n) is 7.37. The molecular weight excluding hydrogens is 270 g/mol. The minimum Gasteiger partial charge on any atom is -0.508 e. The van der Waals surface area contributed by atoms with Crippen molar-refractivity contribution in [3.8, 4) is 11.5 Å². The van der Waals surface area contributed by atoms with Crippen molar-refractivity contribution in [2.45, 2.75) is 44.7 Å². The van der Waals surface area contributed by atoms with E-state index in [4.69, 9.17) is 4.74 Å². The van der Waals surface area contributed by atoms with Crippen molar-refractivity contribution < 1.29 is 19.7 Å². The number of phenols is 1. The average Bonchev–Trinajstić information content (AvgIpc) is 2.98. The van der Waals surface area contributed by atoms with Crippen LogP contribution in [0.1, 0.15) is 44.2 Å². The van der Waals surface area contributed by atoms with Crippen molar-refractivity contribution in [3.63, 3.8) is 0 Å². The SMILES string of the molecule is COc1ccc(O)c(C(C)N(CC(=O)O)C2CCCC2)c1. The van der Waals surface area contributed by atoms with Crippen LogP contribution in [-0.2, 0) is 4.79 Å². The first-order chi connectivity index (χ1) is 10.0. The Morgan fingerprint density at radius 2 is 2.10 bits per heavy atom. The molecule has 0 saturated heterocycles. The Hall–Kier alpha value is -1.75. The molecule has 5 nitrogen and oxygen atoms in total. The van der Waals surface area contributed by atoms with Crippen LogP contribution in [0.25, 0.3) is 0 Å². The summed E-state index contributed by atoms with van der Waals surface area (Å²) in [5.74, 6) is 0.00386. The Morgan fingerprint density at radius 3 is 2.67 bits per heavy atom. The van der Waals surface area contributed by atoms with Gasteiger partial charge in [0.15, 0.2) is 0 Å². The minimum atomic E-state index is -0.837. The molecule has 0 aromatic heterocycles. The third kappa shape index (κ3) is 3.67. The van der Waals surface area contributed by atoms with E-state index in [1.54, 1.807) is 25.3 Å². The summed E-state index contributed by atoms with van der Waals surface area (Å²) in [6.45, 7) is 1.93. The molecule has 1 aliphatic carbocycles. The van der Waals surface area contributed by atoms with Gasteiger partial charge in [0.25, 0.3) is 0 Å². The molecule has 0 heterocycles. The average molecular weight is 293 g/mol. The molecule has 2 rings (SSSR count). The highest BCUT2D eigenvalue weighted by Gasteiger charge is 2.30. The number of nitrogens with zero attached hydrogens (tertiary/aromatic N) is 1. The molecule has 2 N–H and O–H groups in total. The molecule has 0 amide bonds. The normalized spacial score (nSPS) is 17.1. The first kappa shape index (κ1) is 15.6. The highest BCUT2D eigenvalue weighted by atomic mass is 16.5. The standard InChI is InChI=1S/C16H23NO4/c1-11(14-9-13(21-2)7-8-15(14)18)17(10-16(19)20)12-5-3-4-6-12/h7-9,11-12,18H,3-6,10H2,1-2H3,(H,19,20). The summed E-state index contributed by atoms with van der Waals surface area (Å²) in [7, 11) is 1.58. The molecule has 1 aliphatic rings. The van der Waals surface area contributed by atoms with Gasteiger partial charge >= 0.3 is 5.97 Å². The van der Waals surface area contributed by atoms with Crippen molar-refractivity contribution in [3.05, 3.63) is 23.8 Å². The van der Waals surface area contributed by atoms with Gasteiger partial charge in [-0.15, -0.1) is 0 Å². The van der Waals surface area contributed by atoms with Crippen LogP contribution in [0.15, 0.2) is 18.2 Å². The predicted octanol–water partition coefficient (Wildman–Crippen LogP) is 2.79. The highest BCUT2D eigenvalue weighted by Crippen LogP contribution is 2.35. The summed E-state index contributed by atoms with van der Waals surface area (Å²) in [6.07, 6.45) is 4.31. The Bertz CT molecular complexity index is 497. The van der Waals surface area contributed by atoms with E-state index < -0.39 is 5.97 Å². The van der Waals surface area contributed by atoms with Gasteiger partial charge < -0.3 is 14.9 Å². The van der Waals surface area contributed by atoms with Crippen molar-refractivity contribution in [1.82, 2.24) is 4.90 Å². The van der Waals surface area contributed by atoms with E-state index in [0.29, 0.717) is 11.3 Å². The summed E-state index contributed by atoms with van der Waals surface area (Å²) in [5, 5.41) is 19.3. The molecule has 116 valence electrons. The van der Waals surface area contributed by atoms with Gasteiger partial charge in [-0.05, 0) is 38.0 Å². The molecule has 0 bridgehead atoms. The third-order valence-corrected chi connectivity index (χ3v) is 4.29. The third-order valence-electron chi connectivity index (χ3n) is 4.29. The number of aliphatic carboxylic acids is 1. The molecule has 5 heteroatoms. The second kappa shape index (κ2) is 6.80. The number of carbonyl (C=O) groups is 1. The number of carboxylic acid groups (broad SMARTS) is 1. The monoisotopic (exact) mass is 293 g/mol.